The van der Waals surface area contributed by atoms with E-state index in [4.69, 9.17) is 4.74 Å². The Morgan fingerprint density at radius 1 is 1.06 bits per heavy atom. The van der Waals surface area contributed by atoms with Crippen molar-refractivity contribution in [3.63, 3.8) is 0 Å². The summed E-state index contributed by atoms with van der Waals surface area (Å²) in [5.74, 6) is 1.01. The monoisotopic (exact) mass is 465 g/mol. The van der Waals surface area contributed by atoms with Gasteiger partial charge in [-0.05, 0) is 49.8 Å². The maximum atomic E-state index is 13.1. The van der Waals surface area contributed by atoms with Crippen molar-refractivity contribution < 1.29 is 17.9 Å². The zero-order valence-electron chi connectivity index (χ0n) is 17.7. The van der Waals surface area contributed by atoms with Crippen LogP contribution in [-0.4, -0.2) is 74.8 Å². The number of piperazine rings is 1. The number of esters is 1. The van der Waals surface area contributed by atoms with Crippen molar-refractivity contribution in [3.8, 4) is 0 Å². The molecule has 0 aliphatic carbocycles. The second kappa shape index (κ2) is 9.09. The number of anilines is 2. The zero-order valence-corrected chi connectivity index (χ0v) is 19.4. The molecule has 0 aromatic carbocycles. The van der Waals surface area contributed by atoms with Gasteiger partial charge in [-0.1, -0.05) is 0 Å². The SMILES string of the molecule is COC(=O)c1sccc1S(=O)(=O)N1CCN(c2ccc(N3CCCCC3C)nn2)CC1. The van der Waals surface area contributed by atoms with E-state index < -0.39 is 16.0 Å². The van der Waals surface area contributed by atoms with Crippen molar-refractivity contribution in [2.24, 2.45) is 0 Å². The number of carbonyl (C=O) groups is 1. The molecule has 2 saturated heterocycles. The van der Waals surface area contributed by atoms with Crippen LogP contribution in [0.25, 0.3) is 0 Å². The van der Waals surface area contributed by atoms with E-state index in [2.05, 4.69) is 22.0 Å². The molecule has 1 atom stereocenters. The highest BCUT2D eigenvalue weighted by atomic mass is 32.2. The molecule has 4 heterocycles. The normalized spacial score (nSPS) is 20.6. The van der Waals surface area contributed by atoms with Gasteiger partial charge >= 0.3 is 5.97 Å². The van der Waals surface area contributed by atoms with Gasteiger partial charge in [-0.25, -0.2) is 13.2 Å². The average Bonchev–Trinajstić information content (AvgIpc) is 3.30. The van der Waals surface area contributed by atoms with Gasteiger partial charge in [0, 0.05) is 38.8 Å². The minimum atomic E-state index is -3.76. The minimum absolute atomic E-state index is 0.0117. The molecule has 0 radical (unpaired) electrons. The van der Waals surface area contributed by atoms with Crippen LogP contribution in [0, 0.1) is 0 Å². The third-order valence-electron chi connectivity index (χ3n) is 5.91. The van der Waals surface area contributed by atoms with Gasteiger partial charge in [-0.15, -0.1) is 21.5 Å². The number of aromatic nitrogens is 2. The first-order valence-corrected chi connectivity index (χ1v) is 12.7. The highest BCUT2D eigenvalue weighted by molar-refractivity contribution is 7.89. The van der Waals surface area contributed by atoms with E-state index in [1.807, 2.05) is 17.0 Å². The molecular formula is C20H27N5O4S2. The summed E-state index contributed by atoms with van der Waals surface area (Å²) >= 11 is 1.07. The standard InChI is InChI=1S/C20H27N5O4S2/c1-15-5-3-4-9-25(15)18-7-6-17(21-22-18)23-10-12-24(13-11-23)31(27,28)16-8-14-30-19(16)20(26)29-2/h6-8,14-15H,3-5,9-13H2,1-2H3. The lowest BCUT2D eigenvalue weighted by molar-refractivity contribution is 0.0602. The van der Waals surface area contributed by atoms with Gasteiger partial charge in [0.15, 0.2) is 11.6 Å². The molecule has 11 heteroatoms. The lowest BCUT2D eigenvalue weighted by Crippen LogP contribution is -2.49. The number of thiophene rings is 1. The van der Waals surface area contributed by atoms with Crippen LogP contribution in [0.4, 0.5) is 11.6 Å². The molecule has 0 N–H and O–H groups in total. The number of methoxy groups -OCH3 is 1. The Morgan fingerprint density at radius 2 is 1.77 bits per heavy atom. The van der Waals surface area contributed by atoms with Crippen molar-refractivity contribution >= 4 is 39.0 Å². The molecule has 2 aliphatic rings. The largest absolute Gasteiger partial charge is 0.465 e. The smallest absolute Gasteiger partial charge is 0.349 e. The lowest BCUT2D eigenvalue weighted by atomic mass is 10.0. The molecule has 0 bridgehead atoms. The van der Waals surface area contributed by atoms with Crippen LogP contribution in [0.15, 0.2) is 28.5 Å². The number of hydrogen-bond donors (Lipinski definition) is 0. The molecule has 2 aliphatic heterocycles. The van der Waals surface area contributed by atoms with Gasteiger partial charge < -0.3 is 14.5 Å². The van der Waals surface area contributed by atoms with Gasteiger partial charge in [0.25, 0.3) is 0 Å². The summed E-state index contributed by atoms with van der Waals surface area (Å²) < 4.78 is 32.2. The first-order chi connectivity index (χ1) is 14.9. The fraction of sp³-hybridized carbons (Fsp3) is 0.550. The Balaban J connectivity index is 1.42. The molecule has 9 nitrogen and oxygen atoms in total. The van der Waals surface area contributed by atoms with Crippen molar-refractivity contribution in [2.45, 2.75) is 37.1 Å². The highest BCUT2D eigenvalue weighted by Gasteiger charge is 2.33. The van der Waals surface area contributed by atoms with Crippen molar-refractivity contribution in [2.75, 3.05) is 49.6 Å². The number of rotatable bonds is 5. The fourth-order valence-electron chi connectivity index (χ4n) is 4.12. The number of sulfonamides is 1. The van der Waals surface area contributed by atoms with E-state index in [0.717, 1.165) is 29.5 Å². The van der Waals surface area contributed by atoms with Crippen LogP contribution in [0.3, 0.4) is 0 Å². The summed E-state index contributed by atoms with van der Waals surface area (Å²) in [4.78, 5) is 16.4. The molecule has 2 aromatic rings. The van der Waals surface area contributed by atoms with Crippen molar-refractivity contribution in [1.29, 1.82) is 0 Å². The number of ether oxygens (including phenoxy) is 1. The Bertz CT molecular complexity index is 1020. The molecule has 31 heavy (non-hydrogen) atoms. The molecule has 168 valence electrons. The van der Waals surface area contributed by atoms with E-state index in [-0.39, 0.29) is 9.77 Å². The first kappa shape index (κ1) is 22.0. The van der Waals surface area contributed by atoms with E-state index >= 15 is 0 Å². The van der Waals surface area contributed by atoms with Crippen LogP contribution in [0.2, 0.25) is 0 Å². The molecule has 0 amide bonds. The molecule has 2 aromatic heterocycles. The quantitative estimate of drug-likeness (QED) is 0.620. The second-order valence-electron chi connectivity index (χ2n) is 7.78. The molecule has 4 rings (SSSR count). The Morgan fingerprint density at radius 3 is 2.42 bits per heavy atom. The molecule has 0 saturated carbocycles. The van der Waals surface area contributed by atoms with Gasteiger partial charge in [0.2, 0.25) is 10.0 Å². The first-order valence-electron chi connectivity index (χ1n) is 10.4. The van der Waals surface area contributed by atoms with Gasteiger partial charge in [0.05, 0.1) is 7.11 Å². The van der Waals surface area contributed by atoms with Gasteiger partial charge in [-0.3, -0.25) is 0 Å². The van der Waals surface area contributed by atoms with Crippen LogP contribution in [0.1, 0.15) is 35.9 Å². The summed E-state index contributed by atoms with van der Waals surface area (Å²) in [5.41, 5.74) is 0. The predicted molar refractivity (Wildman–Crippen MR) is 119 cm³/mol. The lowest BCUT2D eigenvalue weighted by Gasteiger charge is -2.35. The van der Waals surface area contributed by atoms with Crippen LogP contribution >= 0.6 is 11.3 Å². The van der Waals surface area contributed by atoms with Crippen LogP contribution < -0.4 is 9.80 Å². The van der Waals surface area contributed by atoms with E-state index in [9.17, 15) is 13.2 Å². The summed E-state index contributed by atoms with van der Waals surface area (Å²) in [6.07, 6.45) is 3.59. The predicted octanol–water partition coefficient (Wildman–Crippen LogP) is 2.21. The minimum Gasteiger partial charge on any atom is -0.465 e. The average molecular weight is 466 g/mol. The Hall–Kier alpha value is -2.24. The van der Waals surface area contributed by atoms with Gasteiger partial charge in [-0.2, -0.15) is 4.31 Å². The molecule has 2 fully saturated rings. The highest BCUT2D eigenvalue weighted by Crippen LogP contribution is 2.28. The van der Waals surface area contributed by atoms with E-state index in [0.29, 0.717) is 32.2 Å². The van der Waals surface area contributed by atoms with E-state index in [1.54, 1.807) is 5.38 Å². The van der Waals surface area contributed by atoms with Crippen molar-refractivity contribution in [1.82, 2.24) is 14.5 Å². The number of piperidine rings is 1. The Kier molecular flexibility index (Phi) is 6.44. The third kappa shape index (κ3) is 4.39. The molecule has 1 unspecified atom stereocenters. The van der Waals surface area contributed by atoms with Crippen molar-refractivity contribution in [3.05, 3.63) is 28.5 Å². The van der Waals surface area contributed by atoms with Crippen LogP contribution in [0.5, 0.6) is 0 Å². The fourth-order valence-corrected chi connectivity index (χ4v) is 6.85. The second-order valence-corrected chi connectivity index (χ2v) is 10.6. The molecule has 0 spiro atoms. The summed E-state index contributed by atoms with van der Waals surface area (Å²) in [5, 5.41) is 10.4. The maximum absolute atomic E-state index is 13.1. The topological polar surface area (TPSA) is 95.9 Å². The number of hydrogen-bond acceptors (Lipinski definition) is 9. The van der Waals surface area contributed by atoms with Crippen LogP contribution in [-0.2, 0) is 14.8 Å². The van der Waals surface area contributed by atoms with Gasteiger partial charge in [0.1, 0.15) is 9.77 Å². The zero-order chi connectivity index (χ0) is 22.0. The number of nitrogens with zero attached hydrogens (tertiary/aromatic N) is 5. The maximum Gasteiger partial charge on any atom is 0.349 e. The molecular weight excluding hydrogens is 438 g/mol. The summed E-state index contributed by atoms with van der Waals surface area (Å²) in [7, 11) is -2.52. The Labute approximate surface area is 186 Å². The van der Waals surface area contributed by atoms with E-state index in [1.165, 1.54) is 36.7 Å². The summed E-state index contributed by atoms with van der Waals surface area (Å²) in [6, 6.07) is 5.89. The third-order valence-corrected chi connectivity index (χ3v) is 8.88. The number of carbonyl (C=O) groups excluding carboxylic acids is 1. The summed E-state index contributed by atoms with van der Waals surface area (Å²) in [6.45, 7) is 4.85.